The fraction of sp³-hybridized carbons (Fsp3) is 0.333. The summed E-state index contributed by atoms with van der Waals surface area (Å²) in [6.45, 7) is -1.14. The van der Waals surface area contributed by atoms with E-state index in [0.717, 1.165) is 24.8 Å². The van der Waals surface area contributed by atoms with Gasteiger partial charge in [0.05, 0.1) is 0 Å². The zero-order valence-electron chi connectivity index (χ0n) is 18.1. The third kappa shape index (κ3) is 5.13. The van der Waals surface area contributed by atoms with E-state index in [0.29, 0.717) is 17.0 Å². The molecule has 0 bridgehead atoms. The van der Waals surface area contributed by atoms with Crippen LogP contribution in [0.25, 0.3) is 21.9 Å². The van der Waals surface area contributed by atoms with E-state index in [9.17, 15) is 22.0 Å². The largest absolute Gasteiger partial charge is 0.429 e. The molecule has 0 amide bonds. The molecule has 0 aromatic heterocycles. The predicted molar refractivity (Wildman–Crippen MR) is 119 cm³/mol. The van der Waals surface area contributed by atoms with E-state index in [2.05, 4.69) is 23.5 Å². The van der Waals surface area contributed by atoms with Gasteiger partial charge in [-0.1, -0.05) is 43.4 Å². The van der Waals surface area contributed by atoms with Crippen molar-refractivity contribution < 1.29 is 26.7 Å². The first kappa shape index (κ1) is 23.1. The van der Waals surface area contributed by atoms with Gasteiger partial charge < -0.3 is 4.74 Å². The number of halogens is 5. The molecule has 3 aromatic rings. The van der Waals surface area contributed by atoms with Crippen molar-refractivity contribution in [3.63, 3.8) is 0 Å². The molecule has 1 aliphatic rings. The fourth-order valence-corrected chi connectivity index (χ4v) is 4.40. The number of rotatable bonds is 4. The molecule has 3 aromatic carbocycles. The smallest absolute Gasteiger partial charge is 0.387 e. The lowest BCUT2D eigenvalue weighted by atomic mass is 9.81. The lowest BCUT2D eigenvalue weighted by Crippen LogP contribution is -2.12. The van der Waals surface area contributed by atoms with Crippen LogP contribution in [-0.4, -0.2) is 6.61 Å². The van der Waals surface area contributed by atoms with E-state index >= 15 is 0 Å². The summed E-state index contributed by atoms with van der Waals surface area (Å²) < 4.78 is 72.2. The Labute approximate surface area is 189 Å². The first-order chi connectivity index (χ1) is 15.9. The molecule has 0 N–H and O–H groups in total. The van der Waals surface area contributed by atoms with Crippen LogP contribution in [0.4, 0.5) is 22.0 Å². The molecule has 172 valence electrons. The summed E-state index contributed by atoms with van der Waals surface area (Å²) >= 11 is 0. The lowest BCUT2D eigenvalue weighted by Gasteiger charge is -2.24. The topological polar surface area (TPSA) is 9.23 Å². The van der Waals surface area contributed by atoms with Crippen LogP contribution in [0.5, 0.6) is 5.75 Å². The summed E-state index contributed by atoms with van der Waals surface area (Å²) in [6.07, 6.45) is 5.70. The van der Waals surface area contributed by atoms with Crippen molar-refractivity contribution in [3.8, 4) is 28.7 Å². The Hall–Kier alpha value is -3.07. The van der Waals surface area contributed by atoms with Crippen LogP contribution in [0.3, 0.4) is 0 Å². The number of benzene rings is 3. The Balaban J connectivity index is 1.58. The maximum Gasteiger partial charge on any atom is 0.387 e. The van der Waals surface area contributed by atoms with E-state index in [1.807, 2.05) is 0 Å². The normalized spacial score (nSPS) is 18.3. The van der Waals surface area contributed by atoms with E-state index in [1.54, 1.807) is 12.1 Å². The molecule has 1 aliphatic carbocycles. The molecule has 6 heteroatoms. The van der Waals surface area contributed by atoms with Crippen molar-refractivity contribution in [2.24, 2.45) is 11.8 Å². The highest BCUT2D eigenvalue weighted by atomic mass is 19.3. The Morgan fingerprint density at radius 2 is 1.70 bits per heavy atom. The van der Waals surface area contributed by atoms with Crippen LogP contribution in [0.2, 0.25) is 0 Å². The number of ether oxygens (including phenoxy) is 1. The number of alkyl halides is 2. The number of hydrogen-bond acceptors (Lipinski definition) is 1. The van der Waals surface area contributed by atoms with Gasteiger partial charge in [0.25, 0.3) is 0 Å². The molecule has 1 nitrogen and oxygen atoms in total. The second kappa shape index (κ2) is 9.82. The zero-order valence-corrected chi connectivity index (χ0v) is 18.1. The summed E-state index contributed by atoms with van der Waals surface area (Å²) in [5.41, 5.74) is 1.22. The van der Waals surface area contributed by atoms with Gasteiger partial charge in [-0.05, 0) is 66.8 Å². The van der Waals surface area contributed by atoms with Crippen molar-refractivity contribution in [2.75, 3.05) is 0 Å². The maximum absolute atomic E-state index is 14.8. The summed E-state index contributed by atoms with van der Waals surface area (Å²) in [4.78, 5) is 0. The Bertz CT molecular complexity index is 1220. The van der Waals surface area contributed by atoms with Crippen LogP contribution < -0.4 is 4.74 Å². The Morgan fingerprint density at radius 3 is 2.36 bits per heavy atom. The van der Waals surface area contributed by atoms with Gasteiger partial charge in [-0.15, -0.1) is 0 Å². The maximum atomic E-state index is 14.8. The Kier molecular flexibility index (Phi) is 6.88. The van der Waals surface area contributed by atoms with Crippen molar-refractivity contribution in [2.45, 2.75) is 45.6 Å². The predicted octanol–water partition coefficient (Wildman–Crippen LogP) is 8.09. The lowest BCUT2D eigenvalue weighted by molar-refractivity contribution is -0.0544. The van der Waals surface area contributed by atoms with Crippen LogP contribution in [0.1, 0.15) is 44.6 Å². The fourth-order valence-electron chi connectivity index (χ4n) is 4.40. The van der Waals surface area contributed by atoms with Crippen molar-refractivity contribution in [1.82, 2.24) is 0 Å². The molecule has 0 atom stereocenters. The van der Waals surface area contributed by atoms with Gasteiger partial charge in [0.1, 0.15) is 5.82 Å². The van der Waals surface area contributed by atoms with E-state index in [4.69, 9.17) is 0 Å². The van der Waals surface area contributed by atoms with E-state index < -0.39 is 29.8 Å². The van der Waals surface area contributed by atoms with Crippen molar-refractivity contribution in [3.05, 3.63) is 65.5 Å². The molecule has 1 fully saturated rings. The second-order valence-electron chi connectivity index (χ2n) is 8.41. The molecule has 33 heavy (non-hydrogen) atoms. The number of hydrogen-bond donors (Lipinski definition) is 0. The molecular weight excluding hydrogens is 435 g/mol. The summed E-state index contributed by atoms with van der Waals surface area (Å²) in [5, 5.41) is 0.00607. The van der Waals surface area contributed by atoms with Gasteiger partial charge in [0, 0.05) is 22.4 Å². The average Bonchev–Trinajstić information content (AvgIpc) is 2.80. The SMILES string of the molecule is CCC1CCC(C#Cc2ccc(-c3ccc4c(F)c(OC(F)F)c(F)cc4c3)c(F)c2)CC1. The minimum absolute atomic E-state index is 0.100. The van der Waals surface area contributed by atoms with Gasteiger partial charge in [-0.2, -0.15) is 8.78 Å². The van der Waals surface area contributed by atoms with E-state index in [-0.39, 0.29) is 16.3 Å². The first-order valence-electron chi connectivity index (χ1n) is 11.0. The Morgan fingerprint density at radius 1 is 0.939 bits per heavy atom. The molecule has 0 aliphatic heterocycles. The second-order valence-corrected chi connectivity index (χ2v) is 8.41. The monoisotopic (exact) mass is 458 g/mol. The molecule has 0 spiro atoms. The summed E-state index contributed by atoms with van der Waals surface area (Å²) in [5.74, 6) is 3.32. The van der Waals surface area contributed by atoms with Crippen molar-refractivity contribution in [1.29, 1.82) is 0 Å². The average molecular weight is 458 g/mol. The zero-order chi connectivity index (χ0) is 23.5. The third-order valence-corrected chi connectivity index (χ3v) is 6.32. The van der Waals surface area contributed by atoms with Crippen LogP contribution >= 0.6 is 0 Å². The molecule has 0 radical (unpaired) electrons. The quantitative estimate of drug-likeness (QED) is 0.284. The standard InChI is InChI=1S/C27H23F5O/c1-2-16-3-5-17(6-4-16)7-8-18-9-11-21(23(28)13-18)19-10-12-22-20(14-19)15-24(29)26(25(22)30)33-27(31)32/h9-17,27H,2-6H2,1H3. The van der Waals surface area contributed by atoms with E-state index in [1.165, 1.54) is 43.5 Å². The van der Waals surface area contributed by atoms with Gasteiger partial charge in [-0.3, -0.25) is 0 Å². The highest BCUT2D eigenvalue weighted by Gasteiger charge is 2.20. The highest BCUT2D eigenvalue weighted by molar-refractivity contribution is 5.89. The molecule has 1 saturated carbocycles. The van der Waals surface area contributed by atoms with Crippen LogP contribution in [0.15, 0.2) is 42.5 Å². The molecule has 4 rings (SSSR count). The van der Waals surface area contributed by atoms with Gasteiger partial charge in [0.15, 0.2) is 17.4 Å². The summed E-state index contributed by atoms with van der Waals surface area (Å²) in [6, 6.07) is 9.69. The molecule has 0 unspecified atom stereocenters. The minimum atomic E-state index is -3.35. The van der Waals surface area contributed by atoms with Gasteiger partial charge in [-0.25, -0.2) is 13.2 Å². The molecule has 0 saturated heterocycles. The van der Waals surface area contributed by atoms with Crippen LogP contribution in [0, 0.1) is 41.1 Å². The van der Waals surface area contributed by atoms with Gasteiger partial charge in [0.2, 0.25) is 0 Å². The molecule has 0 heterocycles. The third-order valence-electron chi connectivity index (χ3n) is 6.32. The summed E-state index contributed by atoms with van der Waals surface area (Å²) in [7, 11) is 0. The highest BCUT2D eigenvalue weighted by Crippen LogP contribution is 2.34. The molecular formula is C27H23F5O. The first-order valence-corrected chi connectivity index (χ1v) is 11.0. The van der Waals surface area contributed by atoms with Crippen molar-refractivity contribution >= 4 is 10.8 Å². The van der Waals surface area contributed by atoms with Gasteiger partial charge >= 0.3 is 6.61 Å². The minimum Gasteiger partial charge on any atom is -0.429 e. The van der Waals surface area contributed by atoms with Crippen LogP contribution in [-0.2, 0) is 0 Å². The number of fused-ring (bicyclic) bond motifs is 1.